The number of rotatable bonds is 4. The van der Waals surface area contributed by atoms with Crippen LogP contribution in [-0.4, -0.2) is 24.0 Å². The number of hydrogen-bond donors (Lipinski definition) is 1. The molecule has 1 unspecified atom stereocenters. The topological polar surface area (TPSA) is 68.3 Å². The summed E-state index contributed by atoms with van der Waals surface area (Å²) in [6.45, 7) is 6.75. The van der Waals surface area contributed by atoms with Crippen molar-refractivity contribution in [3.8, 4) is 11.3 Å². The first kappa shape index (κ1) is 26.7. The molecule has 2 aromatic heterocycles. The maximum absolute atomic E-state index is 13.8. The van der Waals surface area contributed by atoms with Gasteiger partial charge in [0.05, 0.1) is 39.5 Å². The highest BCUT2D eigenvalue weighted by Gasteiger charge is 2.34. The number of pyridine rings is 1. The third-order valence-corrected chi connectivity index (χ3v) is 9.19. The smallest absolute Gasteiger partial charge is 0.341 e. The molecule has 5 nitrogen and oxygen atoms in total. The number of carbonyl (C=O) groups excluding carboxylic acids is 2. The second kappa shape index (κ2) is 10.3. The molecule has 8 heteroatoms. The quantitative estimate of drug-likeness (QED) is 0.251. The van der Waals surface area contributed by atoms with Crippen LogP contribution in [0.1, 0.15) is 58.3 Å². The predicted octanol–water partition coefficient (Wildman–Crippen LogP) is 8.46. The highest BCUT2D eigenvalue weighted by molar-refractivity contribution is 7.17. The molecule has 0 spiro atoms. The van der Waals surface area contributed by atoms with Crippen molar-refractivity contribution in [3.63, 3.8) is 0 Å². The second-order valence-electron chi connectivity index (χ2n) is 10.7. The summed E-state index contributed by atoms with van der Waals surface area (Å²) in [5.74, 6) is -0.246. The molecule has 2 aromatic carbocycles. The second-order valence-corrected chi connectivity index (χ2v) is 12.6. The van der Waals surface area contributed by atoms with Gasteiger partial charge < -0.3 is 10.1 Å². The number of nitrogens with one attached hydrogen (secondary N) is 1. The number of hydrogen-bond acceptors (Lipinski definition) is 5. The summed E-state index contributed by atoms with van der Waals surface area (Å²) in [4.78, 5) is 32.6. The van der Waals surface area contributed by atoms with Gasteiger partial charge in [-0.25, -0.2) is 9.78 Å². The fourth-order valence-corrected chi connectivity index (χ4v) is 6.68. The number of fused-ring (bicyclic) bond motifs is 2. The van der Waals surface area contributed by atoms with Crippen molar-refractivity contribution in [2.24, 2.45) is 11.3 Å². The molecule has 196 valence electrons. The van der Waals surface area contributed by atoms with Gasteiger partial charge in [-0.15, -0.1) is 11.3 Å². The van der Waals surface area contributed by atoms with Crippen LogP contribution in [0.4, 0.5) is 5.00 Å². The Morgan fingerprint density at radius 3 is 2.55 bits per heavy atom. The first-order chi connectivity index (χ1) is 18.1. The van der Waals surface area contributed by atoms with Gasteiger partial charge in [0.1, 0.15) is 5.00 Å². The highest BCUT2D eigenvalue weighted by Crippen LogP contribution is 2.44. The van der Waals surface area contributed by atoms with E-state index < -0.39 is 5.97 Å². The molecule has 0 radical (unpaired) electrons. The lowest BCUT2D eigenvalue weighted by Crippen LogP contribution is -2.26. The zero-order chi connectivity index (χ0) is 27.2. The molecular formula is C30H28Cl2N2O3S. The van der Waals surface area contributed by atoms with E-state index in [4.69, 9.17) is 32.9 Å². The number of benzene rings is 2. The normalized spacial score (nSPS) is 15.3. The maximum Gasteiger partial charge on any atom is 0.341 e. The minimum absolute atomic E-state index is 0.160. The zero-order valence-electron chi connectivity index (χ0n) is 21.7. The van der Waals surface area contributed by atoms with Crippen LogP contribution in [0.3, 0.4) is 0 Å². The molecule has 1 aliphatic rings. The van der Waals surface area contributed by atoms with Crippen molar-refractivity contribution in [2.75, 3.05) is 12.4 Å². The van der Waals surface area contributed by atoms with Crippen molar-refractivity contribution in [1.29, 1.82) is 0 Å². The Hall–Kier alpha value is -2.93. The van der Waals surface area contributed by atoms with Crippen molar-refractivity contribution in [2.45, 2.75) is 40.0 Å². The van der Waals surface area contributed by atoms with Crippen molar-refractivity contribution in [3.05, 3.63) is 80.1 Å². The lowest BCUT2D eigenvalue weighted by molar-refractivity contribution is 0.0600. The van der Waals surface area contributed by atoms with Gasteiger partial charge in [0.15, 0.2) is 0 Å². The molecule has 1 aliphatic carbocycles. The average Bonchev–Trinajstić information content (AvgIpc) is 3.25. The molecule has 0 bridgehead atoms. The minimum atomic E-state index is -0.428. The molecule has 0 saturated carbocycles. The van der Waals surface area contributed by atoms with E-state index in [1.54, 1.807) is 18.2 Å². The lowest BCUT2D eigenvalue weighted by Gasteiger charge is -2.33. The fourth-order valence-electron chi connectivity index (χ4n) is 5.07. The number of ether oxygens (including phenoxy) is 1. The van der Waals surface area contributed by atoms with Gasteiger partial charge >= 0.3 is 5.97 Å². The first-order valence-electron chi connectivity index (χ1n) is 12.5. The molecule has 5 rings (SSSR count). The average molecular weight is 568 g/mol. The lowest BCUT2D eigenvalue weighted by atomic mass is 9.72. The van der Waals surface area contributed by atoms with Gasteiger partial charge in [0.25, 0.3) is 5.91 Å². The van der Waals surface area contributed by atoms with E-state index in [-0.39, 0.29) is 11.3 Å². The Kier molecular flexibility index (Phi) is 7.25. The van der Waals surface area contributed by atoms with Crippen molar-refractivity contribution < 1.29 is 14.3 Å². The molecule has 0 aliphatic heterocycles. The number of esters is 1. The van der Waals surface area contributed by atoms with Crippen LogP contribution < -0.4 is 5.32 Å². The Bertz CT molecular complexity index is 1570. The van der Waals surface area contributed by atoms with Crippen LogP contribution in [0, 0.1) is 11.3 Å². The summed E-state index contributed by atoms with van der Waals surface area (Å²) in [6, 6.07) is 14.5. The number of halogens is 2. The van der Waals surface area contributed by atoms with Gasteiger partial charge in [0, 0.05) is 15.8 Å². The van der Waals surface area contributed by atoms with Crippen LogP contribution in [0.2, 0.25) is 10.0 Å². The number of thiophene rings is 1. The summed E-state index contributed by atoms with van der Waals surface area (Å²) < 4.78 is 5.13. The van der Waals surface area contributed by atoms with E-state index in [0.29, 0.717) is 48.7 Å². The molecule has 1 atom stereocenters. The third-order valence-electron chi connectivity index (χ3n) is 7.28. The summed E-state index contributed by atoms with van der Waals surface area (Å²) in [7, 11) is 1.37. The van der Waals surface area contributed by atoms with Gasteiger partial charge in [-0.1, -0.05) is 68.2 Å². The number of methoxy groups -OCH3 is 1. The monoisotopic (exact) mass is 566 g/mol. The number of para-hydroxylation sites is 1. The van der Waals surface area contributed by atoms with E-state index in [1.807, 2.05) is 30.3 Å². The zero-order valence-corrected chi connectivity index (χ0v) is 24.0. The maximum atomic E-state index is 13.8. The molecule has 1 N–H and O–H groups in total. The molecule has 4 aromatic rings. The standard InChI is InChI=1S/C30H28Cl2N2O3S/c1-30(2,3)17-10-11-19-25(14-17)38-28(26(19)29(36)37-4)34-27(35)20-15-24(16-9-12-21(31)22(32)13-16)33-23-8-6-5-7-18(20)23/h5-9,12-13,15,17H,10-11,14H2,1-4H3,(H,34,35). The van der Waals surface area contributed by atoms with E-state index in [9.17, 15) is 9.59 Å². The van der Waals surface area contributed by atoms with Crippen LogP contribution in [-0.2, 0) is 17.6 Å². The molecule has 1 amide bonds. The summed E-state index contributed by atoms with van der Waals surface area (Å²) in [6.07, 6.45) is 2.66. The van der Waals surface area contributed by atoms with Gasteiger partial charge in [-0.05, 0) is 60.4 Å². The molecular weight excluding hydrogens is 539 g/mol. The van der Waals surface area contributed by atoms with Crippen LogP contribution in [0.25, 0.3) is 22.2 Å². The molecule has 38 heavy (non-hydrogen) atoms. The predicted molar refractivity (Wildman–Crippen MR) is 156 cm³/mol. The van der Waals surface area contributed by atoms with Crippen LogP contribution in [0.15, 0.2) is 48.5 Å². The summed E-state index contributed by atoms with van der Waals surface area (Å²) >= 11 is 13.8. The summed E-state index contributed by atoms with van der Waals surface area (Å²) in [5, 5.41) is 5.14. The number of aromatic nitrogens is 1. The molecule has 0 fully saturated rings. The van der Waals surface area contributed by atoms with Crippen molar-refractivity contribution >= 4 is 62.3 Å². The van der Waals surface area contributed by atoms with Crippen molar-refractivity contribution in [1.82, 2.24) is 4.98 Å². The molecule has 2 heterocycles. The fraction of sp³-hybridized carbons (Fsp3) is 0.300. The Labute approximate surface area is 236 Å². The van der Waals surface area contributed by atoms with E-state index in [2.05, 4.69) is 26.1 Å². The minimum Gasteiger partial charge on any atom is -0.465 e. The van der Waals surface area contributed by atoms with E-state index in [0.717, 1.165) is 35.3 Å². The third kappa shape index (κ3) is 5.05. The van der Waals surface area contributed by atoms with E-state index in [1.165, 1.54) is 18.4 Å². The Morgan fingerprint density at radius 2 is 1.84 bits per heavy atom. The number of amides is 1. The SMILES string of the molecule is COC(=O)c1c(NC(=O)c2cc(-c3ccc(Cl)c(Cl)c3)nc3ccccc23)sc2c1CCC(C(C)(C)C)C2. The van der Waals surface area contributed by atoms with Gasteiger partial charge in [-0.2, -0.15) is 0 Å². The Balaban J connectivity index is 1.57. The Morgan fingerprint density at radius 1 is 1.08 bits per heavy atom. The van der Waals surface area contributed by atoms with E-state index >= 15 is 0 Å². The number of carbonyl (C=O) groups is 2. The highest BCUT2D eigenvalue weighted by atomic mass is 35.5. The molecule has 0 saturated heterocycles. The largest absolute Gasteiger partial charge is 0.465 e. The van der Waals surface area contributed by atoms with Gasteiger partial charge in [-0.3, -0.25) is 4.79 Å². The van der Waals surface area contributed by atoms with Crippen LogP contribution >= 0.6 is 34.5 Å². The number of nitrogens with zero attached hydrogens (tertiary/aromatic N) is 1. The first-order valence-corrected chi connectivity index (χ1v) is 14.0. The number of anilines is 1. The van der Waals surface area contributed by atoms with Crippen LogP contribution in [0.5, 0.6) is 0 Å². The summed E-state index contributed by atoms with van der Waals surface area (Å²) in [5.41, 5.74) is 4.09. The van der Waals surface area contributed by atoms with Gasteiger partial charge in [0.2, 0.25) is 0 Å².